The summed E-state index contributed by atoms with van der Waals surface area (Å²) in [6.45, 7) is -2.01. The highest BCUT2D eigenvalue weighted by molar-refractivity contribution is 5.89. The molecule has 2 aliphatic heterocycles. The number of cyclic esters (lactones) is 1. The Balaban J connectivity index is 2.37. The van der Waals surface area contributed by atoms with Crippen molar-refractivity contribution in [3.05, 3.63) is 11.5 Å². The van der Waals surface area contributed by atoms with Gasteiger partial charge >= 0.3 is 5.97 Å². The Morgan fingerprint density at radius 1 is 1.04 bits per heavy atom. The maximum atomic E-state index is 11.2. The summed E-state index contributed by atoms with van der Waals surface area (Å²) in [4.78, 5) is 11.2. The van der Waals surface area contributed by atoms with E-state index in [-0.39, 0.29) is 0 Å². The summed E-state index contributed by atoms with van der Waals surface area (Å²) in [6.07, 6.45) is -10.8. The Morgan fingerprint density at radius 3 is 2.09 bits per heavy atom. The van der Waals surface area contributed by atoms with Crippen molar-refractivity contribution >= 4 is 5.97 Å². The van der Waals surface area contributed by atoms with E-state index in [4.69, 9.17) is 9.84 Å². The molecule has 11 heteroatoms. The number of aliphatic hydroxyl groups is 8. The van der Waals surface area contributed by atoms with E-state index in [1.54, 1.807) is 0 Å². The van der Waals surface area contributed by atoms with Crippen molar-refractivity contribution in [2.45, 2.75) is 42.2 Å². The van der Waals surface area contributed by atoms with E-state index in [1.807, 2.05) is 0 Å². The van der Waals surface area contributed by atoms with E-state index in [2.05, 4.69) is 4.74 Å². The number of rotatable bonds is 4. The Labute approximate surface area is 129 Å². The van der Waals surface area contributed by atoms with Gasteiger partial charge in [-0.25, -0.2) is 4.79 Å². The normalized spacial score (nSPS) is 40.9. The quantitative estimate of drug-likeness (QED) is 0.231. The van der Waals surface area contributed by atoms with Gasteiger partial charge in [0.05, 0.1) is 13.2 Å². The van der Waals surface area contributed by atoms with Gasteiger partial charge in [-0.15, -0.1) is 0 Å². The molecular weight excluding hydrogens is 320 g/mol. The molecule has 1 saturated heterocycles. The first-order chi connectivity index (χ1) is 10.7. The van der Waals surface area contributed by atoms with Gasteiger partial charge in [0.25, 0.3) is 0 Å². The van der Waals surface area contributed by atoms with Crippen molar-refractivity contribution in [3.63, 3.8) is 0 Å². The van der Waals surface area contributed by atoms with Crippen LogP contribution < -0.4 is 0 Å². The van der Waals surface area contributed by atoms with Crippen LogP contribution in [0.5, 0.6) is 0 Å². The number of carbonyl (C=O) groups is 1. The molecule has 0 spiro atoms. The average molecular weight is 338 g/mol. The zero-order valence-electron chi connectivity index (χ0n) is 11.7. The van der Waals surface area contributed by atoms with Crippen molar-refractivity contribution in [2.24, 2.45) is 0 Å². The zero-order valence-corrected chi connectivity index (χ0v) is 11.7. The third-order valence-corrected chi connectivity index (χ3v) is 4.00. The Morgan fingerprint density at radius 2 is 1.65 bits per heavy atom. The summed E-state index contributed by atoms with van der Waals surface area (Å²) < 4.78 is 9.64. The van der Waals surface area contributed by atoms with Gasteiger partial charge in [-0.05, 0) is 0 Å². The first-order valence-electron chi connectivity index (χ1n) is 6.65. The third-order valence-electron chi connectivity index (χ3n) is 4.00. The molecule has 0 amide bonds. The predicted molar refractivity (Wildman–Crippen MR) is 68.0 cm³/mol. The van der Waals surface area contributed by atoms with Crippen LogP contribution in [-0.2, 0) is 14.3 Å². The molecule has 0 aliphatic carbocycles. The Bertz CT molecular complexity index is 503. The molecule has 11 nitrogen and oxygen atoms in total. The third kappa shape index (κ3) is 2.65. The number of aliphatic hydroxyl groups excluding tert-OH is 7. The molecule has 8 N–H and O–H groups in total. The number of hydrogen-bond acceptors (Lipinski definition) is 11. The second-order valence-corrected chi connectivity index (χ2v) is 5.42. The summed E-state index contributed by atoms with van der Waals surface area (Å²) in [7, 11) is 0. The lowest BCUT2D eigenvalue weighted by Gasteiger charge is -2.47. The van der Waals surface area contributed by atoms with Crippen LogP contribution >= 0.6 is 0 Å². The van der Waals surface area contributed by atoms with E-state index in [0.717, 1.165) is 0 Å². The minimum absolute atomic E-state index is 0.791. The summed E-state index contributed by atoms with van der Waals surface area (Å²) >= 11 is 0. The van der Waals surface area contributed by atoms with Crippen molar-refractivity contribution in [2.75, 3.05) is 13.2 Å². The second kappa shape index (κ2) is 6.20. The Kier molecular flexibility index (Phi) is 4.82. The number of esters is 1. The molecule has 2 aliphatic rings. The van der Waals surface area contributed by atoms with Crippen LogP contribution in [0.2, 0.25) is 0 Å². The Hall–Kier alpha value is -1.47. The molecule has 2 heterocycles. The zero-order chi connectivity index (χ0) is 17.5. The summed E-state index contributed by atoms with van der Waals surface area (Å²) in [5.74, 6) is -3.65. The fraction of sp³-hybridized carbons (Fsp3) is 0.750. The molecular formula is C12H18O11. The molecule has 0 bridgehead atoms. The number of carbonyl (C=O) groups excluding carboxylic acids is 1. The van der Waals surface area contributed by atoms with E-state index < -0.39 is 72.9 Å². The van der Waals surface area contributed by atoms with Crippen molar-refractivity contribution in [1.29, 1.82) is 0 Å². The van der Waals surface area contributed by atoms with Crippen LogP contribution in [0.3, 0.4) is 0 Å². The van der Waals surface area contributed by atoms with Gasteiger partial charge in [-0.2, -0.15) is 0 Å². The molecule has 1 fully saturated rings. The highest BCUT2D eigenvalue weighted by Gasteiger charge is 2.59. The van der Waals surface area contributed by atoms with E-state index in [9.17, 15) is 40.5 Å². The maximum absolute atomic E-state index is 11.2. The van der Waals surface area contributed by atoms with Crippen LogP contribution in [0.15, 0.2) is 11.5 Å². The lowest BCUT2D eigenvalue weighted by atomic mass is 9.81. The summed E-state index contributed by atoms with van der Waals surface area (Å²) in [5, 5.41) is 77.5. The molecule has 0 saturated carbocycles. The van der Waals surface area contributed by atoms with Crippen LogP contribution in [0, 0.1) is 0 Å². The summed E-state index contributed by atoms with van der Waals surface area (Å²) in [5.41, 5.74) is -2.67. The van der Waals surface area contributed by atoms with Crippen molar-refractivity contribution in [1.82, 2.24) is 0 Å². The molecule has 2 rings (SSSR count). The SMILES string of the molecule is O=C1O[C@H]([C@@](O)(CO)[C@@H]2O[C@H](CO)[C@@H](O)[C@H](O)[C@H]2O)C(O)=C1O. The monoisotopic (exact) mass is 338 g/mol. The molecule has 132 valence electrons. The lowest BCUT2D eigenvalue weighted by molar-refractivity contribution is -0.289. The van der Waals surface area contributed by atoms with Gasteiger partial charge in [-0.1, -0.05) is 0 Å². The van der Waals surface area contributed by atoms with Gasteiger partial charge in [0, 0.05) is 0 Å². The topological polar surface area (TPSA) is 197 Å². The van der Waals surface area contributed by atoms with Gasteiger partial charge in [0.15, 0.2) is 17.5 Å². The van der Waals surface area contributed by atoms with Crippen molar-refractivity contribution < 1.29 is 55.1 Å². The van der Waals surface area contributed by atoms with Gasteiger partial charge in [-0.3, -0.25) is 0 Å². The summed E-state index contributed by atoms with van der Waals surface area (Å²) in [6, 6.07) is 0. The maximum Gasteiger partial charge on any atom is 0.378 e. The smallest absolute Gasteiger partial charge is 0.378 e. The first kappa shape index (κ1) is 17.9. The van der Waals surface area contributed by atoms with Crippen molar-refractivity contribution in [3.8, 4) is 0 Å². The highest BCUT2D eigenvalue weighted by Crippen LogP contribution is 2.36. The largest absolute Gasteiger partial charge is 0.505 e. The molecule has 0 aromatic rings. The molecule has 0 unspecified atom stereocenters. The predicted octanol–water partition coefficient (Wildman–Crippen LogP) is -4.19. The fourth-order valence-corrected chi connectivity index (χ4v) is 2.62. The fourth-order valence-electron chi connectivity index (χ4n) is 2.62. The van der Waals surface area contributed by atoms with E-state index in [1.165, 1.54) is 0 Å². The standard InChI is InChI=1S/C12H18O11/c13-1-3-4(15)5(16)6(17)9(22-3)12(21,2-14)10-7(18)8(19)11(20)23-10/h3-6,9-10,13-19,21H,1-2H2/t3-,4-,5+,6-,9-,10+,12-/m1/s1. The molecule has 0 aromatic heterocycles. The number of ether oxygens (including phenoxy) is 2. The van der Waals surface area contributed by atoms with Crippen LogP contribution in [0.1, 0.15) is 0 Å². The number of hydrogen-bond donors (Lipinski definition) is 8. The average Bonchev–Trinajstić information content (AvgIpc) is 2.80. The van der Waals surface area contributed by atoms with E-state index in [0.29, 0.717) is 0 Å². The highest BCUT2D eigenvalue weighted by atomic mass is 16.6. The van der Waals surface area contributed by atoms with Gasteiger partial charge in [0.1, 0.15) is 30.5 Å². The lowest BCUT2D eigenvalue weighted by Crippen LogP contribution is -2.69. The van der Waals surface area contributed by atoms with Gasteiger partial charge in [0.2, 0.25) is 5.76 Å². The molecule has 23 heavy (non-hydrogen) atoms. The minimum atomic E-state index is -2.67. The van der Waals surface area contributed by atoms with Crippen LogP contribution in [-0.4, -0.2) is 102 Å². The second-order valence-electron chi connectivity index (χ2n) is 5.42. The molecule has 0 aromatic carbocycles. The van der Waals surface area contributed by atoms with Gasteiger partial charge < -0.3 is 50.3 Å². The van der Waals surface area contributed by atoms with E-state index >= 15 is 0 Å². The first-order valence-corrected chi connectivity index (χ1v) is 6.65. The molecule has 0 radical (unpaired) electrons. The van der Waals surface area contributed by atoms with Crippen LogP contribution in [0.4, 0.5) is 0 Å². The van der Waals surface area contributed by atoms with Crippen LogP contribution in [0.25, 0.3) is 0 Å². The minimum Gasteiger partial charge on any atom is -0.505 e. The molecule has 7 atom stereocenters.